The normalized spacial score (nSPS) is 12.2. The molecule has 0 aliphatic rings. The minimum absolute atomic E-state index is 0.273. The van der Waals surface area contributed by atoms with Gasteiger partial charge < -0.3 is 10.1 Å². The van der Waals surface area contributed by atoms with Crippen molar-refractivity contribution in [2.45, 2.75) is 13.0 Å². The molecule has 0 saturated heterocycles. The van der Waals surface area contributed by atoms with E-state index in [-0.39, 0.29) is 5.56 Å². The van der Waals surface area contributed by atoms with Gasteiger partial charge in [0.15, 0.2) is 0 Å². The Hall–Kier alpha value is -1.69. The molecule has 1 unspecified atom stereocenters. The first-order valence-electron chi connectivity index (χ1n) is 5.45. The molecule has 1 rings (SSSR count). The van der Waals surface area contributed by atoms with Crippen LogP contribution in [0.4, 0.5) is 4.39 Å². The topological polar surface area (TPSA) is 55.4 Å². The van der Waals surface area contributed by atoms with E-state index in [2.05, 4.69) is 26.0 Å². The molecule has 19 heavy (non-hydrogen) atoms. The molecular formula is C13H13BrFNO3. The third-order valence-corrected chi connectivity index (χ3v) is 2.78. The van der Waals surface area contributed by atoms with Gasteiger partial charge in [-0.15, -0.1) is 0 Å². The molecule has 4 nitrogen and oxygen atoms in total. The number of hydrogen-bond acceptors (Lipinski definition) is 3. The second-order valence-electron chi connectivity index (χ2n) is 3.75. The number of rotatable bonds is 4. The Balaban J connectivity index is 2.68. The third-order valence-electron chi connectivity index (χ3n) is 2.29. The molecule has 0 heterocycles. The highest BCUT2D eigenvalue weighted by atomic mass is 79.9. The third kappa shape index (κ3) is 4.82. The highest BCUT2D eigenvalue weighted by molar-refractivity contribution is 9.10. The van der Waals surface area contributed by atoms with Crippen LogP contribution in [-0.4, -0.2) is 25.0 Å². The fraction of sp³-hybridized carbons (Fsp3) is 0.231. The van der Waals surface area contributed by atoms with Crippen molar-refractivity contribution in [3.63, 3.8) is 0 Å². The summed E-state index contributed by atoms with van der Waals surface area (Å²) in [6, 6.07) is 3.64. The van der Waals surface area contributed by atoms with Crippen LogP contribution in [0.5, 0.6) is 0 Å². The Kier molecular flexibility index (Phi) is 5.69. The van der Waals surface area contributed by atoms with Gasteiger partial charge in [0.25, 0.3) is 0 Å². The van der Waals surface area contributed by atoms with Crippen LogP contribution < -0.4 is 5.32 Å². The summed E-state index contributed by atoms with van der Waals surface area (Å²) in [5, 5.41) is 2.40. The van der Waals surface area contributed by atoms with Crippen LogP contribution >= 0.6 is 15.9 Å². The smallest absolute Gasteiger partial charge is 0.328 e. The van der Waals surface area contributed by atoms with Crippen LogP contribution in [0.15, 0.2) is 28.7 Å². The highest BCUT2D eigenvalue weighted by Crippen LogP contribution is 2.16. The molecule has 102 valence electrons. The van der Waals surface area contributed by atoms with Gasteiger partial charge in [-0.3, -0.25) is 4.79 Å². The van der Waals surface area contributed by atoms with Crippen molar-refractivity contribution in [1.29, 1.82) is 0 Å². The van der Waals surface area contributed by atoms with Gasteiger partial charge in [0.1, 0.15) is 11.9 Å². The molecule has 0 radical (unpaired) electrons. The van der Waals surface area contributed by atoms with Gasteiger partial charge in [-0.2, -0.15) is 0 Å². The van der Waals surface area contributed by atoms with Gasteiger partial charge in [-0.25, -0.2) is 9.18 Å². The maximum Gasteiger partial charge on any atom is 0.328 e. The van der Waals surface area contributed by atoms with Crippen molar-refractivity contribution >= 4 is 33.9 Å². The summed E-state index contributed by atoms with van der Waals surface area (Å²) in [6.07, 6.45) is 2.49. The molecule has 1 atom stereocenters. The number of carbonyl (C=O) groups is 2. The van der Waals surface area contributed by atoms with Crippen molar-refractivity contribution in [3.8, 4) is 0 Å². The van der Waals surface area contributed by atoms with E-state index in [1.807, 2.05) is 0 Å². The lowest BCUT2D eigenvalue weighted by atomic mass is 10.2. The van der Waals surface area contributed by atoms with Crippen LogP contribution in [0.25, 0.3) is 6.08 Å². The molecule has 0 bridgehead atoms. The quantitative estimate of drug-likeness (QED) is 0.681. The average Bonchev–Trinajstić information content (AvgIpc) is 2.38. The lowest BCUT2D eigenvalue weighted by molar-refractivity contribution is -0.144. The zero-order valence-corrected chi connectivity index (χ0v) is 12.0. The number of amides is 1. The lowest BCUT2D eigenvalue weighted by Crippen LogP contribution is -2.38. The van der Waals surface area contributed by atoms with E-state index in [9.17, 15) is 14.0 Å². The van der Waals surface area contributed by atoms with Crippen LogP contribution in [0.1, 0.15) is 12.5 Å². The summed E-state index contributed by atoms with van der Waals surface area (Å²) in [6.45, 7) is 1.50. The SMILES string of the molecule is COC(=O)C(C)NC(=O)/C=C/c1cc(Br)ccc1F. The number of hydrogen-bond donors (Lipinski definition) is 1. The molecule has 1 aromatic carbocycles. The molecule has 1 N–H and O–H groups in total. The first-order valence-corrected chi connectivity index (χ1v) is 6.25. The van der Waals surface area contributed by atoms with E-state index >= 15 is 0 Å². The summed E-state index contributed by atoms with van der Waals surface area (Å²) in [7, 11) is 1.23. The second-order valence-corrected chi connectivity index (χ2v) is 4.67. The number of halogens is 2. The zero-order chi connectivity index (χ0) is 14.4. The van der Waals surface area contributed by atoms with E-state index in [1.165, 1.54) is 26.2 Å². The fourth-order valence-corrected chi connectivity index (χ4v) is 1.68. The largest absolute Gasteiger partial charge is 0.467 e. The molecular weight excluding hydrogens is 317 g/mol. The van der Waals surface area contributed by atoms with E-state index < -0.39 is 23.7 Å². The van der Waals surface area contributed by atoms with Gasteiger partial charge in [-0.05, 0) is 31.2 Å². The Morgan fingerprint density at radius 2 is 2.16 bits per heavy atom. The molecule has 1 amide bonds. The second kappa shape index (κ2) is 7.04. The zero-order valence-electron chi connectivity index (χ0n) is 10.4. The highest BCUT2D eigenvalue weighted by Gasteiger charge is 2.13. The summed E-state index contributed by atoms with van der Waals surface area (Å²) in [4.78, 5) is 22.6. The summed E-state index contributed by atoms with van der Waals surface area (Å²) >= 11 is 3.21. The first kappa shape index (κ1) is 15.4. The van der Waals surface area contributed by atoms with E-state index in [4.69, 9.17) is 0 Å². The fourth-order valence-electron chi connectivity index (χ4n) is 1.30. The summed E-state index contributed by atoms with van der Waals surface area (Å²) in [5.74, 6) is -1.49. The lowest BCUT2D eigenvalue weighted by Gasteiger charge is -2.09. The van der Waals surface area contributed by atoms with Gasteiger partial charge in [0.05, 0.1) is 7.11 Å². The number of ether oxygens (including phenoxy) is 1. The van der Waals surface area contributed by atoms with Gasteiger partial charge >= 0.3 is 5.97 Å². The standard InChI is InChI=1S/C13H13BrFNO3/c1-8(13(18)19-2)16-12(17)6-3-9-7-10(14)4-5-11(9)15/h3-8H,1-2H3,(H,16,17)/b6-3+. The van der Waals surface area contributed by atoms with Crippen molar-refractivity contribution in [2.75, 3.05) is 7.11 Å². The molecule has 0 saturated carbocycles. The Bertz CT molecular complexity index is 517. The minimum atomic E-state index is -0.755. The van der Waals surface area contributed by atoms with Crippen molar-refractivity contribution < 1.29 is 18.7 Å². The maximum atomic E-state index is 13.4. The van der Waals surface area contributed by atoms with Gasteiger partial charge in [0, 0.05) is 16.1 Å². The van der Waals surface area contributed by atoms with Gasteiger partial charge in [-0.1, -0.05) is 15.9 Å². The van der Waals surface area contributed by atoms with Crippen LogP contribution in [0.2, 0.25) is 0 Å². The monoisotopic (exact) mass is 329 g/mol. The molecule has 0 aliphatic heterocycles. The number of nitrogens with one attached hydrogen (secondary N) is 1. The van der Waals surface area contributed by atoms with E-state index in [0.29, 0.717) is 4.47 Å². The maximum absolute atomic E-state index is 13.4. The molecule has 0 aliphatic carbocycles. The number of carbonyl (C=O) groups excluding carboxylic acids is 2. The molecule has 6 heteroatoms. The van der Waals surface area contributed by atoms with Crippen LogP contribution in [0.3, 0.4) is 0 Å². The van der Waals surface area contributed by atoms with Crippen LogP contribution in [-0.2, 0) is 14.3 Å². The van der Waals surface area contributed by atoms with E-state index in [1.54, 1.807) is 12.1 Å². The molecule has 1 aromatic rings. The molecule has 0 aromatic heterocycles. The summed E-state index contributed by atoms with van der Waals surface area (Å²) < 4.78 is 18.6. The Morgan fingerprint density at radius 1 is 1.47 bits per heavy atom. The first-order chi connectivity index (χ1) is 8.93. The molecule has 0 spiro atoms. The number of esters is 1. The van der Waals surface area contributed by atoms with Gasteiger partial charge in [0.2, 0.25) is 5.91 Å². The predicted molar refractivity (Wildman–Crippen MR) is 72.8 cm³/mol. The van der Waals surface area contributed by atoms with E-state index in [0.717, 1.165) is 6.08 Å². The number of methoxy groups -OCH3 is 1. The van der Waals surface area contributed by atoms with Crippen molar-refractivity contribution in [1.82, 2.24) is 5.32 Å². The Labute approximate surface area is 118 Å². The number of benzene rings is 1. The average molecular weight is 330 g/mol. The molecule has 0 fully saturated rings. The Morgan fingerprint density at radius 3 is 2.79 bits per heavy atom. The minimum Gasteiger partial charge on any atom is -0.467 e. The summed E-state index contributed by atoms with van der Waals surface area (Å²) in [5.41, 5.74) is 0.273. The van der Waals surface area contributed by atoms with Crippen LogP contribution in [0, 0.1) is 5.82 Å². The van der Waals surface area contributed by atoms with Crippen molar-refractivity contribution in [2.24, 2.45) is 0 Å². The van der Waals surface area contributed by atoms with Crippen molar-refractivity contribution in [3.05, 3.63) is 40.1 Å². The predicted octanol–water partition coefficient (Wildman–Crippen LogP) is 2.28.